The predicted molar refractivity (Wildman–Crippen MR) is 94.1 cm³/mol. The first-order chi connectivity index (χ1) is 12.4. The van der Waals surface area contributed by atoms with Gasteiger partial charge in [-0.2, -0.15) is 0 Å². The lowest BCUT2D eigenvalue weighted by atomic mass is 9.48. The third kappa shape index (κ3) is 1.55. The van der Waals surface area contributed by atoms with Crippen LogP contribution in [0.5, 0.6) is 11.5 Å². The third-order valence-electron chi connectivity index (χ3n) is 8.28. The number of rotatable bonds is 2. The Kier molecular flexibility index (Phi) is 2.65. The standard InChI is InChI=1S/C21H25NO4/c1-22(11-12-2-3-12)9-8-20-17-13-4-5-14(23)18(17)26-19(20)15(24)6-7-21(20,25)16(22)10-13/h4-5,12,16,19,25H,2-3,6-11H2,1H3/p+1/t16?,19?,20?,21-,22?/m1/s1. The Hall–Kier alpha value is -1.59. The van der Waals surface area contributed by atoms with Gasteiger partial charge in [0.05, 0.1) is 25.6 Å². The number of hydrogen-bond acceptors (Lipinski definition) is 4. The second-order valence-electron chi connectivity index (χ2n) is 9.61. The number of hydrogen-bond donors (Lipinski definition) is 2. The zero-order valence-corrected chi connectivity index (χ0v) is 15.2. The van der Waals surface area contributed by atoms with E-state index in [9.17, 15) is 15.0 Å². The van der Waals surface area contributed by atoms with E-state index >= 15 is 0 Å². The van der Waals surface area contributed by atoms with Gasteiger partial charge in [0.2, 0.25) is 0 Å². The zero-order chi connectivity index (χ0) is 17.9. The van der Waals surface area contributed by atoms with Crippen molar-refractivity contribution < 1.29 is 24.2 Å². The average molecular weight is 356 g/mol. The van der Waals surface area contributed by atoms with E-state index in [4.69, 9.17) is 4.74 Å². The van der Waals surface area contributed by atoms with Crippen molar-refractivity contribution in [2.75, 3.05) is 20.1 Å². The first-order valence-electron chi connectivity index (χ1n) is 10.0. The highest BCUT2D eigenvalue weighted by atomic mass is 16.5. The predicted octanol–water partition coefficient (Wildman–Crippen LogP) is 1.67. The minimum absolute atomic E-state index is 0.0789. The highest BCUT2D eigenvalue weighted by molar-refractivity contribution is 5.90. The number of piperidine rings is 1. The molecule has 2 bridgehead atoms. The Morgan fingerprint density at radius 3 is 2.88 bits per heavy atom. The molecule has 0 amide bonds. The summed E-state index contributed by atoms with van der Waals surface area (Å²) in [4.78, 5) is 12.8. The van der Waals surface area contributed by atoms with E-state index in [1.54, 1.807) is 6.07 Å². The van der Waals surface area contributed by atoms with Crippen molar-refractivity contribution in [1.82, 2.24) is 0 Å². The number of benzene rings is 1. The van der Waals surface area contributed by atoms with Crippen LogP contribution in [0.25, 0.3) is 0 Å². The number of phenolic OH excluding ortho intramolecular Hbond substituents is 1. The van der Waals surface area contributed by atoms with Gasteiger partial charge in [0.25, 0.3) is 0 Å². The quantitative estimate of drug-likeness (QED) is 0.791. The van der Waals surface area contributed by atoms with Crippen molar-refractivity contribution in [3.05, 3.63) is 23.3 Å². The SMILES string of the molecule is C[N+]1(CC2CC2)CCC23c4c5ccc(O)c4OC2C(=O)CC[C@@]3(O)C1C5. The van der Waals surface area contributed by atoms with Crippen LogP contribution in [0.2, 0.25) is 0 Å². The van der Waals surface area contributed by atoms with Gasteiger partial charge in [-0.15, -0.1) is 0 Å². The number of quaternary nitrogens is 1. The number of ketones is 1. The molecule has 2 N–H and O–H groups in total. The Morgan fingerprint density at radius 2 is 2.12 bits per heavy atom. The van der Waals surface area contributed by atoms with Crippen LogP contribution in [0, 0.1) is 5.92 Å². The molecule has 5 nitrogen and oxygen atoms in total. The van der Waals surface area contributed by atoms with Crippen molar-refractivity contribution in [2.45, 2.75) is 61.7 Å². The number of Topliss-reactive ketones (excluding diaryl/α,β-unsaturated/α-hetero) is 1. The summed E-state index contributed by atoms with van der Waals surface area (Å²) >= 11 is 0. The van der Waals surface area contributed by atoms with Crippen LogP contribution in [0.3, 0.4) is 0 Å². The van der Waals surface area contributed by atoms with Crippen molar-refractivity contribution in [1.29, 1.82) is 0 Å². The molecule has 3 fully saturated rings. The summed E-state index contributed by atoms with van der Waals surface area (Å²) in [5.74, 6) is 1.42. The fraction of sp³-hybridized carbons (Fsp3) is 0.667. The number of nitrogens with zero attached hydrogens (tertiary/aromatic N) is 1. The molecule has 1 saturated heterocycles. The minimum Gasteiger partial charge on any atom is -0.504 e. The number of ether oxygens (including phenoxy) is 1. The summed E-state index contributed by atoms with van der Waals surface area (Å²) in [6.45, 7) is 2.09. The number of aliphatic hydroxyl groups is 1. The van der Waals surface area contributed by atoms with Crippen LogP contribution in [0.4, 0.5) is 0 Å². The van der Waals surface area contributed by atoms with Gasteiger partial charge >= 0.3 is 0 Å². The highest BCUT2D eigenvalue weighted by Crippen LogP contribution is 2.65. The highest BCUT2D eigenvalue weighted by Gasteiger charge is 2.76. The second kappa shape index (κ2) is 4.45. The smallest absolute Gasteiger partial charge is 0.174 e. The molecule has 4 unspecified atom stereocenters. The molecule has 0 radical (unpaired) electrons. The molecule has 5 heteroatoms. The van der Waals surface area contributed by atoms with Gasteiger partial charge in [-0.25, -0.2) is 0 Å². The van der Waals surface area contributed by atoms with Gasteiger partial charge in [0.15, 0.2) is 23.4 Å². The molecule has 5 aliphatic rings. The van der Waals surface area contributed by atoms with Crippen molar-refractivity contribution in [3.63, 3.8) is 0 Å². The second-order valence-corrected chi connectivity index (χ2v) is 9.61. The molecule has 3 aliphatic carbocycles. The van der Waals surface area contributed by atoms with E-state index in [0.717, 1.165) is 47.5 Å². The molecule has 0 aromatic heterocycles. The Labute approximate surface area is 153 Å². The van der Waals surface area contributed by atoms with Gasteiger partial charge in [-0.1, -0.05) is 6.07 Å². The van der Waals surface area contributed by atoms with Crippen LogP contribution in [-0.2, 0) is 16.6 Å². The topological polar surface area (TPSA) is 66.8 Å². The fourth-order valence-electron chi connectivity index (χ4n) is 6.94. The normalized spacial score (nSPS) is 45.2. The number of likely N-dealkylation sites (tertiary alicyclic amines) is 1. The molecule has 1 spiro atoms. The Morgan fingerprint density at radius 1 is 1.31 bits per heavy atom. The molecule has 26 heavy (non-hydrogen) atoms. The first-order valence-corrected chi connectivity index (χ1v) is 10.0. The monoisotopic (exact) mass is 356 g/mol. The molecule has 138 valence electrons. The Balaban J connectivity index is 1.60. The van der Waals surface area contributed by atoms with Crippen molar-refractivity contribution in [2.24, 2.45) is 5.92 Å². The van der Waals surface area contributed by atoms with Crippen LogP contribution in [0.1, 0.15) is 43.2 Å². The fourth-order valence-corrected chi connectivity index (χ4v) is 6.94. The molecular formula is C21H26NO4+. The van der Waals surface area contributed by atoms with Crippen molar-refractivity contribution in [3.8, 4) is 11.5 Å². The summed E-state index contributed by atoms with van der Waals surface area (Å²) in [7, 11) is 2.31. The summed E-state index contributed by atoms with van der Waals surface area (Å²) in [5.41, 5.74) is 0.492. The lowest BCUT2D eigenvalue weighted by Gasteiger charge is -2.64. The maximum absolute atomic E-state index is 12.8. The van der Waals surface area contributed by atoms with Gasteiger partial charge in [0, 0.05) is 30.7 Å². The molecule has 1 aromatic carbocycles. The molecule has 2 heterocycles. The molecular weight excluding hydrogens is 330 g/mol. The summed E-state index contributed by atoms with van der Waals surface area (Å²) in [6.07, 6.45) is 4.42. The number of aromatic hydroxyl groups is 1. The van der Waals surface area contributed by atoms with E-state index in [2.05, 4.69) is 7.05 Å². The first kappa shape index (κ1) is 15.5. The molecule has 2 saturated carbocycles. The summed E-state index contributed by atoms with van der Waals surface area (Å²) in [5, 5.41) is 22.5. The third-order valence-corrected chi connectivity index (χ3v) is 8.28. The molecule has 6 rings (SSSR count). The van der Waals surface area contributed by atoms with Gasteiger partial charge in [-0.05, 0) is 30.9 Å². The maximum atomic E-state index is 12.8. The summed E-state index contributed by atoms with van der Waals surface area (Å²) < 4.78 is 6.98. The van der Waals surface area contributed by atoms with E-state index in [0.29, 0.717) is 18.6 Å². The number of phenols is 1. The molecule has 5 atom stereocenters. The van der Waals surface area contributed by atoms with Gasteiger partial charge < -0.3 is 19.4 Å². The van der Waals surface area contributed by atoms with Crippen LogP contribution in [0.15, 0.2) is 12.1 Å². The lowest BCUT2D eigenvalue weighted by molar-refractivity contribution is -0.950. The minimum atomic E-state index is -0.931. The van der Waals surface area contributed by atoms with Crippen LogP contribution >= 0.6 is 0 Å². The lowest BCUT2D eigenvalue weighted by Crippen LogP contribution is -2.80. The van der Waals surface area contributed by atoms with Crippen molar-refractivity contribution >= 4 is 5.78 Å². The Bertz CT molecular complexity index is 849. The number of carbonyl (C=O) groups excluding carboxylic acids is 1. The van der Waals surface area contributed by atoms with Crippen LogP contribution < -0.4 is 4.74 Å². The van der Waals surface area contributed by atoms with Gasteiger partial charge in [-0.3, -0.25) is 4.79 Å². The van der Waals surface area contributed by atoms with E-state index in [-0.39, 0.29) is 17.6 Å². The molecule has 2 aliphatic heterocycles. The zero-order valence-electron chi connectivity index (χ0n) is 15.2. The number of likely N-dealkylation sites (N-methyl/N-ethyl adjacent to an activating group) is 1. The van der Waals surface area contributed by atoms with E-state index in [1.165, 1.54) is 12.8 Å². The average Bonchev–Trinajstić information content (AvgIpc) is 3.32. The van der Waals surface area contributed by atoms with E-state index in [1.807, 2.05) is 6.07 Å². The summed E-state index contributed by atoms with van der Waals surface area (Å²) in [6, 6.07) is 3.77. The number of carbonyl (C=O) groups is 1. The van der Waals surface area contributed by atoms with E-state index < -0.39 is 17.1 Å². The van der Waals surface area contributed by atoms with Crippen LogP contribution in [-0.4, -0.2) is 58.4 Å². The largest absolute Gasteiger partial charge is 0.504 e. The maximum Gasteiger partial charge on any atom is 0.174 e. The van der Waals surface area contributed by atoms with Gasteiger partial charge in [0.1, 0.15) is 11.6 Å². The molecule has 1 aromatic rings.